The molecule has 8 heteroatoms. The summed E-state index contributed by atoms with van der Waals surface area (Å²) in [5.41, 5.74) is 6.88. The van der Waals surface area contributed by atoms with Crippen molar-refractivity contribution in [3.63, 3.8) is 0 Å². The van der Waals surface area contributed by atoms with E-state index in [1.807, 2.05) is 0 Å². The molecule has 0 aliphatic rings. The first kappa shape index (κ1) is 12.7. The summed E-state index contributed by atoms with van der Waals surface area (Å²) in [6.45, 7) is 0. The van der Waals surface area contributed by atoms with Gasteiger partial charge in [0.15, 0.2) is 0 Å². The molecule has 0 aliphatic heterocycles. The molecule has 1 aromatic carbocycles. The van der Waals surface area contributed by atoms with Gasteiger partial charge in [0.05, 0.1) is 10.5 Å². The zero-order valence-electron chi connectivity index (χ0n) is 10.6. The van der Waals surface area contributed by atoms with Gasteiger partial charge in [-0.1, -0.05) is 11.2 Å². The lowest BCUT2D eigenvalue weighted by atomic mass is 10.1. The van der Waals surface area contributed by atoms with Gasteiger partial charge < -0.3 is 10.3 Å². The zero-order chi connectivity index (χ0) is 14.8. The predicted molar refractivity (Wildman–Crippen MR) is 74.0 cm³/mol. The van der Waals surface area contributed by atoms with Gasteiger partial charge in [0.25, 0.3) is 11.6 Å². The molecule has 2 aromatic heterocycles. The first-order chi connectivity index (χ1) is 10.1. The van der Waals surface area contributed by atoms with Gasteiger partial charge in [0.2, 0.25) is 5.82 Å². The second-order valence-electron chi connectivity index (χ2n) is 4.17. The molecule has 0 aliphatic carbocycles. The van der Waals surface area contributed by atoms with Crippen LogP contribution in [0.15, 0.2) is 47.1 Å². The minimum absolute atomic E-state index is 0.100. The van der Waals surface area contributed by atoms with E-state index in [0.29, 0.717) is 16.9 Å². The molecule has 0 radical (unpaired) electrons. The summed E-state index contributed by atoms with van der Waals surface area (Å²) >= 11 is 0. The molecule has 0 spiro atoms. The summed E-state index contributed by atoms with van der Waals surface area (Å²) in [5, 5.41) is 14.6. The van der Waals surface area contributed by atoms with Gasteiger partial charge in [-0.2, -0.15) is 4.98 Å². The molecule has 0 atom stereocenters. The number of aromatic nitrogens is 3. The third kappa shape index (κ3) is 2.41. The molecule has 3 rings (SSSR count). The number of non-ortho nitro benzene ring substituents is 1. The maximum absolute atomic E-state index is 10.8. The monoisotopic (exact) mass is 283 g/mol. The van der Waals surface area contributed by atoms with E-state index in [0.717, 1.165) is 0 Å². The molecule has 0 fully saturated rings. The number of nitro benzene ring substituents is 1. The second kappa shape index (κ2) is 5.00. The van der Waals surface area contributed by atoms with Crippen LogP contribution in [0.5, 0.6) is 0 Å². The highest BCUT2D eigenvalue weighted by Crippen LogP contribution is 2.29. The average Bonchev–Trinajstić information content (AvgIpc) is 2.98. The molecular formula is C13H9N5O3. The van der Waals surface area contributed by atoms with Gasteiger partial charge in [-0.15, -0.1) is 0 Å². The molecule has 0 saturated carbocycles. The molecule has 2 heterocycles. The lowest BCUT2D eigenvalue weighted by molar-refractivity contribution is -0.384. The number of nitro groups is 1. The summed E-state index contributed by atoms with van der Waals surface area (Å²) < 4.78 is 5.12. The highest BCUT2D eigenvalue weighted by Gasteiger charge is 2.17. The van der Waals surface area contributed by atoms with E-state index in [-0.39, 0.29) is 17.4 Å². The predicted octanol–water partition coefficient (Wildman–Crippen LogP) is 2.29. The topological polar surface area (TPSA) is 121 Å². The Labute approximate surface area is 118 Å². The number of anilines is 1. The Morgan fingerprint density at radius 1 is 1.24 bits per heavy atom. The van der Waals surface area contributed by atoms with E-state index in [1.54, 1.807) is 24.4 Å². The van der Waals surface area contributed by atoms with Crippen molar-refractivity contribution >= 4 is 11.4 Å². The van der Waals surface area contributed by atoms with E-state index in [9.17, 15) is 10.1 Å². The van der Waals surface area contributed by atoms with Crippen molar-refractivity contribution < 1.29 is 9.45 Å². The van der Waals surface area contributed by atoms with Crippen LogP contribution in [0.4, 0.5) is 11.4 Å². The number of nitrogen functional groups attached to an aromatic ring is 1. The van der Waals surface area contributed by atoms with E-state index in [4.69, 9.17) is 10.3 Å². The van der Waals surface area contributed by atoms with Gasteiger partial charge in [-0.05, 0) is 18.2 Å². The summed E-state index contributed by atoms with van der Waals surface area (Å²) in [5.74, 6) is 0.397. The van der Waals surface area contributed by atoms with Crippen molar-refractivity contribution in [2.45, 2.75) is 0 Å². The number of pyridine rings is 1. The van der Waals surface area contributed by atoms with Crippen LogP contribution in [0.2, 0.25) is 0 Å². The van der Waals surface area contributed by atoms with Crippen molar-refractivity contribution in [1.82, 2.24) is 15.1 Å². The molecule has 0 saturated heterocycles. The smallest absolute Gasteiger partial charge is 0.270 e. The second-order valence-corrected chi connectivity index (χ2v) is 4.17. The Kier molecular flexibility index (Phi) is 3.03. The normalized spacial score (nSPS) is 10.5. The molecule has 21 heavy (non-hydrogen) atoms. The summed E-state index contributed by atoms with van der Waals surface area (Å²) in [6, 6.07) is 9.33. The van der Waals surface area contributed by atoms with Gasteiger partial charge >= 0.3 is 0 Å². The maximum atomic E-state index is 10.8. The van der Waals surface area contributed by atoms with Crippen LogP contribution in [-0.4, -0.2) is 20.0 Å². The lowest BCUT2D eigenvalue weighted by Crippen LogP contribution is -1.94. The molecular weight excluding hydrogens is 274 g/mol. The minimum atomic E-state index is -0.515. The Morgan fingerprint density at radius 3 is 2.81 bits per heavy atom. The zero-order valence-corrected chi connectivity index (χ0v) is 10.6. The largest absolute Gasteiger partial charge is 0.398 e. The van der Waals surface area contributed by atoms with Gasteiger partial charge in [0.1, 0.15) is 5.69 Å². The molecule has 8 nitrogen and oxygen atoms in total. The van der Waals surface area contributed by atoms with Crippen LogP contribution in [0.1, 0.15) is 0 Å². The Hall–Kier alpha value is -3.29. The molecule has 2 N–H and O–H groups in total. The average molecular weight is 283 g/mol. The number of hydrogen-bond acceptors (Lipinski definition) is 7. The summed E-state index contributed by atoms with van der Waals surface area (Å²) in [6.07, 6.45) is 1.60. The molecule has 0 unspecified atom stereocenters. The van der Waals surface area contributed by atoms with Gasteiger partial charge in [0, 0.05) is 24.0 Å². The van der Waals surface area contributed by atoms with Crippen LogP contribution in [0.25, 0.3) is 23.0 Å². The number of nitrogens with two attached hydrogens (primary N) is 1. The van der Waals surface area contributed by atoms with Crippen LogP contribution in [0.3, 0.4) is 0 Å². The maximum Gasteiger partial charge on any atom is 0.270 e. The number of hydrogen-bond donors (Lipinski definition) is 1. The fourth-order valence-corrected chi connectivity index (χ4v) is 1.77. The highest BCUT2D eigenvalue weighted by atomic mass is 16.6. The third-order valence-corrected chi connectivity index (χ3v) is 2.80. The Bertz CT molecular complexity index is 801. The number of benzene rings is 1. The van der Waals surface area contributed by atoms with Crippen LogP contribution < -0.4 is 5.73 Å². The van der Waals surface area contributed by atoms with E-state index in [2.05, 4.69) is 15.1 Å². The highest BCUT2D eigenvalue weighted by molar-refractivity contribution is 5.73. The SMILES string of the molecule is Nc1ccc([N+](=O)[O-])cc1-c1nc(-c2ccccn2)no1. The third-order valence-electron chi connectivity index (χ3n) is 2.80. The molecule has 3 aromatic rings. The van der Waals surface area contributed by atoms with E-state index >= 15 is 0 Å². The number of nitrogens with zero attached hydrogens (tertiary/aromatic N) is 4. The lowest BCUT2D eigenvalue weighted by Gasteiger charge is -1.99. The first-order valence-corrected chi connectivity index (χ1v) is 5.94. The fourth-order valence-electron chi connectivity index (χ4n) is 1.77. The molecule has 104 valence electrons. The van der Waals surface area contributed by atoms with E-state index < -0.39 is 4.92 Å². The Morgan fingerprint density at radius 2 is 2.10 bits per heavy atom. The summed E-state index contributed by atoms with van der Waals surface area (Å²) in [7, 11) is 0. The van der Waals surface area contributed by atoms with Crippen LogP contribution in [0, 0.1) is 10.1 Å². The number of rotatable bonds is 3. The minimum Gasteiger partial charge on any atom is -0.398 e. The van der Waals surface area contributed by atoms with Crippen molar-refractivity contribution in [2.75, 3.05) is 5.73 Å². The Balaban J connectivity index is 2.04. The van der Waals surface area contributed by atoms with Gasteiger partial charge in [-0.3, -0.25) is 15.1 Å². The van der Waals surface area contributed by atoms with Crippen molar-refractivity contribution in [2.24, 2.45) is 0 Å². The van der Waals surface area contributed by atoms with Gasteiger partial charge in [-0.25, -0.2) is 0 Å². The quantitative estimate of drug-likeness (QED) is 0.444. The van der Waals surface area contributed by atoms with Crippen molar-refractivity contribution in [3.05, 3.63) is 52.7 Å². The van der Waals surface area contributed by atoms with Crippen LogP contribution in [-0.2, 0) is 0 Å². The van der Waals surface area contributed by atoms with Crippen LogP contribution >= 0.6 is 0 Å². The van der Waals surface area contributed by atoms with Crippen molar-refractivity contribution in [1.29, 1.82) is 0 Å². The summed E-state index contributed by atoms with van der Waals surface area (Å²) in [4.78, 5) is 18.6. The standard InChI is InChI=1S/C13H9N5O3/c14-10-5-4-8(18(19)20)7-9(10)13-16-12(17-21-13)11-3-1-2-6-15-11/h1-7H,14H2. The van der Waals surface area contributed by atoms with E-state index in [1.165, 1.54) is 18.2 Å². The molecule has 0 bridgehead atoms. The fraction of sp³-hybridized carbons (Fsp3) is 0. The first-order valence-electron chi connectivity index (χ1n) is 5.94. The van der Waals surface area contributed by atoms with Crippen molar-refractivity contribution in [3.8, 4) is 23.0 Å². The molecule has 0 amide bonds.